The van der Waals surface area contributed by atoms with Gasteiger partial charge in [-0.3, -0.25) is 9.78 Å². The monoisotopic (exact) mass is 445 g/mol. The molecule has 0 unspecified atom stereocenters. The van der Waals surface area contributed by atoms with E-state index in [0.29, 0.717) is 24.7 Å². The Hall–Kier alpha value is -3.52. The molecule has 1 saturated carbocycles. The minimum Gasteiger partial charge on any atom is -0.444 e. The largest absolute Gasteiger partial charge is 0.444 e. The highest BCUT2D eigenvalue weighted by Gasteiger charge is 2.28. The molecule has 1 amide bonds. The Morgan fingerprint density at radius 3 is 2.82 bits per heavy atom. The van der Waals surface area contributed by atoms with Crippen molar-refractivity contribution in [1.82, 2.24) is 19.4 Å². The molecule has 170 valence electrons. The van der Waals surface area contributed by atoms with Crippen LogP contribution in [0, 0.1) is 6.92 Å². The lowest BCUT2D eigenvalue weighted by Gasteiger charge is -2.15. The molecule has 0 aliphatic heterocycles. The Bertz CT molecular complexity index is 1330. The molecule has 5 rings (SSSR count). The van der Waals surface area contributed by atoms with Crippen LogP contribution in [0.1, 0.15) is 66.5 Å². The van der Waals surface area contributed by atoms with E-state index in [1.807, 2.05) is 29.8 Å². The number of oxazole rings is 1. The lowest BCUT2D eigenvalue weighted by molar-refractivity contribution is 0.0711. The van der Waals surface area contributed by atoms with Gasteiger partial charge in [-0.1, -0.05) is 0 Å². The zero-order valence-electron chi connectivity index (χ0n) is 19.0. The maximum atomic E-state index is 13.0. The second-order valence-electron chi connectivity index (χ2n) is 9.40. The summed E-state index contributed by atoms with van der Waals surface area (Å²) in [7, 11) is 0. The predicted octanol–water partition coefficient (Wildman–Crippen LogP) is 4.53. The maximum absolute atomic E-state index is 13.0. The number of rotatable bonds is 7. The Morgan fingerprint density at radius 2 is 2.09 bits per heavy atom. The van der Waals surface area contributed by atoms with Crippen LogP contribution in [0.3, 0.4) is 0 Å². The Morgan fingerprint density at radius 1 is 1.27 bits per heavy atom. The van der Waals surface area contributed by atoms with E-state index >= 15 is 0 Å². The van der Waals surface area contributed by atoms with Gasteiger partial charge in [0.1, 0.15) is 11.9 Å². The van der Waals surface area contributed by atoms with Crippen LogP contribution in [0.2, 0.25) is 0 Å². The molecule has 0 atom stereocenters. The smallest absolute Gasteiger partial charge is 0.277 e. The summed E-state index contributed by atoms with van der Waals surface area (Å²) in [6.07, 6.45) is 10.4. The SMILES string of the molecule is Cc1cc(-c2nc(C(=O)Nc3cn4cc(CCC(C)(C)O)nc4cc3C3CC3)co2)ccn1. The van der Waals surface area contributed by atoms with Crippen LogP contribution in [0.25, 0.3) is 17.1 Å². The number of carbonyl (C=O) groups excluding carboxylic acids is 1. The number of fused-ring (bicyclic) bond motifs is 1. The fourth-order valence-corrected chi connectivity index (χ4v) is 3.87. The fraction of sp³-hybridized carbons (Fsp3) is 0.360. The average Bonchev–Trinajstić information content (AvgIpc) is 3.33. The van der Waals surface area contributed by atoms with Crippen molar-refractivity contribution in [1.29, 1.82) is 0 Å². The Labute approximate surface area is 191 Å². The van der Waals surface area contributed by atoms with Crippen molar-refractivity contribution in [3.8, 4) is 11.5 Å². The molecule has 2 N–H and O–H groups in total. The van der Waals surface area contributed by atoms with Gasteiger partial charge in [0.05, 0.1) is 17.0 Å². The number of anilines is 1. The van der Waals surface area contributed by atoms with Gasteiger partial charge in [0.25, 0.3) is 5.91 Å². The van der Waals surface area contributed by atoms with E-state index in [0.717, 1.165) is 46.7 Å². The Kier molecular flexibility index (Phi) is 5.25. The molecule has 4 aromatic heterocycles. The molecule has 8 nitrogen and oxygen atoms in total. The number of pyridine rings is 2. The molecular formula is C25H27N5O3. The number of hydrogen-bond donors (Lipinski definition) is 2. The van der Waals surface area contributed by atoms with Gasteiger partial charge in [0.15, 0.2) is 5.69 Å². The lowest BCUT2D eigenvalue weighted by atomic mass is 10.0. The summed E-state index contributed by atoms with van der Waals surface area (Å²) < 4.78 is 7.47. The van der Waals surface area contributed by atoms with Crippen LogP contribution in [0.15, 0.2) is 47.5 Å². The minimum absolute atomic E-state index is 0.220. The van der Waals surface area contributed by atoms with Gasteiger partial charge in [0, 0.05) is 29.8 Å². The zero-order chi connectivity index (χ0) is 23.2. The summed E-state index contributed by atoms with van der Waals surface area (Å²) in [5.74, 6) is 0.489. The lowest BCUT2D eigenvalue weighted by Crippen LogP contribution is -2.19. The molecular weight excluding hydrogens is 418 g/mol. The van der Waals surface area contributed by atoms with Crippen LogP contribution in [0.4, 0.5) is 5.69 Å². The van der Waals surface area contributed by atoms with E-state index in [1.54, 1.807) is 26.1 Å². The second kappa shape index (κ2) is 8.12. The van der Waals surface area contributed by atoms with E-state index in [9.17, 15) is 9.90 Å². The molecule has 0 radical (unpaired) electrons. The highest BCUT2D eigenvalue weighted by Crippen LogP contribution is 2.44. The van der Waals surface area contributed by atoms with Crippen molar-refractivity contribution in [3.63, 3.8) is 0 Å². The zero-order valence-corrected chi connectivity index (χ0v) is 19.0. The molecule has 1 fully saturated rings. The predicted molar refractivity (Wildman–Crippen MR) is 124 cm³/mol. The topological polar surface area (TPSA) is 106 Å². The van der Waals surface area contributed by atoms with Gasteiger partial charge in [-0.15, -0.1) is 0 Å². The number of aromatic nitrogens is 4. The van der Waals surface area contributed by atoms with E-state index in [-0.39, 0.29) is 11.6 Å². The van der Waals surface area contributed by atoms with Crippen LogP contribution < -0.4 is 5.32 Å². The molecule has 4 aromatic rings. The number of nitrogens with one attached hydrogen (secondary N) is 1. The summed E-state index contributed by atoms with van der Waals surface area (Å²) >= 11 is 0. The summed E-state index contributed by atoms with van der Waals surface area (Å²) in [6, 6.07) is 5.71. The van der Waals surface area contributed by atoms with Crippen molar-refractivity contribution in [2.75, 3.05) is 5.32 Å². The van der Waals surface area contributed by atoms with Crippen LogP contribution in [0.5, 0.6) is 0 Å². The first-order valence-corrected chi connectivity index (χ1v) is 11.2. The first-order valence-electron chi connectivity index (χ1n) is 11.2. The number of nitrogens with zero attached hydrogens (tertiary/aromatic N) is 4. The van der Waals surface area contributed by atoms with E-state index in [4.69, 9.17) is 9.40 Å². The van der Waals surface area contributed by atoms with Crippen LogP contribution in [-0.2, 0) is 6.42 Å². The fourth-order valence-electron chi connectivity index (χ4n) is 3.87. The molecule has 1 aliphatic rings. The van der Waals surface area contributed by atoms with Gasteiger partial charge in [-0.2, -0.15) is 0 Å². The third-order valence-corrected chi connectivity index (χ3v) is 5.81. The second-order valence-corrected chi connectivity index (χ2v) is 9.40. The van der Waals surface area contributed by atoms with Crippen LogP contribution >= 0.6 is 0 Å². The molecule has 33 heavy (non-hydrogen) atoms. The van der Waals surface area contributed by atoms with E-state index < -0.39 is 5.60 Å². The van der Waals surface area contributed by atoms with Gasteiger partial charge in [0.2, 0.25) is 5.89 Å². The average molecular weight is 446 g/mol. The van der Waals surface area contributed by atoms with E-state index in [1.165, 1.54) is 6.26 Å². The summed E-state index contributed by atoms with van der Waals surface area (Å²) in [4.78, 5) is 26.2. The van der Waals surface area contributed by atoms with Gasteiger partial charge >= 0.3 is 0 Å². The summed E-state index contributed by atoms with van der Waals surface area (Å²) in [5.41, 5.74) is 4.71. The van der Waals surface area contributed by atoms with E-state index in [2.05, 4.69) is 21.4 Å². The van der Waals surface area contributed by atoms with Crippen molar-refractivity contribution >= 4 is 17.2 Å². The Balaban J connectivity index is 1.39. The number of carbonyl (C=O) groups is 1. The van der Waals surface area contributed by atoms with Gasteiger partial charge in [-0.25, -0.2) is 9.97 Å². The first-order chi connectivity index (χ1) is 15.7. The van der Waals surface area contributed by atoms with Crippen molar-refractivity contribution < 1.29 is 14.3 Å². The van der Waals surface area contributed by atoms with Gasteiger partial charge in [-0.05, 0) is 76.1 Å². The first kappa shape index (κ1) is 21.3. The molecule has 8 heteroatoms. The van der Waals surface area contributed by atoms with Crippen molar-refractivity contribution in [2.45, 2.75) is 58.0 Å². The molecule has 1 aliphatic carbocycles. The van der Waals surface area contributed by atoms with Crippen molar-refractivity contribution in [2.24, 2.45) is 0 Å². The highest BCUT2D eigenvalue weighted by molar-refractivity contribution is 6.03. The highest BCUT2D eigenvalue weighted by atomic mass is 16.3. The normalized spacial score (nSPS) is 14.1. The molecule has 0 bridgehead atoms. The minimum atomic E-state index is -0.737. The molecule has 0 aromatic carbocycles. The summed E-state index contributed by atoms with van der Waals surface area (Å²) in [6.45, 7) is 5.49. The molecule has 0 saturated heterocycles. The number of aliphatic hydroxyl groups is 1. The third-order valence-electron chi connectivity index (χ3n) is 5.81. The van der Waals surface area contributed by atoms with Crippen LogP contribution in [-0.4, -0.2) is 36.0 Å². The quantitative estimate of drug-likeness (QED) is 0.433. The third kappa shape index (κ3) is 4.80. The standard InChI is InChI=1S/C25H27N5O3/c1-15-10-17(7-9-26-15)24-29-21(14-33-24)23(31)28-20-13-30-12-18(6-8-25(2,3)32)27-22(30)11-19(20)16-4-5-16/h7,9-14,16,32H,4-6,8H2,1-3H3,(H,28,31). The number of hydrogen-bond acceptors (Lipinski definition) is 6. The van der Waals surface area contributed by atoms with Crippen molar-refractivity contribution in [3.05, 3.63) is 65.7 Å². The number of amides is 1. The van der Waals surface area contributed by atoms with Gasteiger partial charge < -0.3 is 19.2 Å². The number of imidazole rings is 1. The number of aryl methyl sites for hydroxylation is 2. The summed E-state index contributed by atoms with van der Waals surface area (Å²) in [5, 5.41) is 13.0. The maximum Gasteiger partial charge on any atom is 0.277 e. The molecule has 0 spiro atoms. The molecule has 4 heterocycles.